The smallest absolute Gasteiger partial charge is 0.0213 e. The van der Waals surface area contributed by atoms with Crippen LogP contribution in [-0.4, -0.2) is 0 Å². The molecular formula is C13H14. The second kappa shape index (κ2) is 5.35. The summed E-state index contributed by atoms with van der Waals surface area (Å²) < 4.78 is 0. The van der Waals surface area contributed by atoms with E-state index in [1.54, 1.807) is 0 Å². The van der Waals surface area contributed by atoms with E-state index in [2.05, 4.69) is 36.5 Å². The Morgan fingerprint density at radius 2 is 1.69 bits per heavy atom. The van der Waals surface area contributed by atoms with E-state index in [1.807, 2.05) is 0 Å². The van der Waals surface area contributed by atoms with Gasteiger partial charge >= 0.3 is 0 Å². The highest BCUT2D eigenvalue weighted by Crippen LogP contribution is 2.27. The molecule has 13 heavy (non-hydrogen) atoms. The van der Waals surface area contributed by atoms with E-state index < -0.39 is 0 Å². The Morgan fingerprint density at radius 3 is 2.31 bits per heavy atom. The molecule has 0 spiro atoms. The highest BCUT2D eigenvalue weighted by atomic mass is 14.2. The molecule has 0 aliphatic heterocycles. The first-order valence-electron chi connectivity index (χ1n) is 4.79. The predicted octanol–water partition coefficient (Wildman–Crippen LogP) is 2.45. The van der Waals surface area contributed by atoms with Gasteiger partial charge in [-0.1, -0.05) is 12.8 Å². The summed E-state index contributed by atoms with van der Waals surface area (Å²) in [4.78, 5) is 0. The van der Waals surface area contributed by atoms with Crippen LogP contribution in [0, 0.1) is 47.9 Å². The molecule has 0 amide bonds. The Bertz CT molecular complexity index is 300. The van der Waals surface area contributed by atoms with E-state index in [4.69, 9.17) is 6.42 Å². The minimum absolute atomic E-state index is 0.559. The average molecular weight is 170 g/mol. The summed E-state index contributed by atoms with van der Waals surface area (Å²) in [7, 11) is 0. The monoisotopic (exact) mass is 170 g/mol. The Kier molecular flexibility index (Phi) is 4.02. The van der Waals surface area contributed by atoms with E-state index in [1.165, 1.54) is 25.7 Å². The lowest BCUT2D eigenvalue weighted by Gasteiger charge is -2.21. The number of hydrogen-bond acceptors (Lipinski definition) is 0. The summed E-state index contributed by atoms with van der Waals surface area (Å²) in [5.41, 5.74) is 0. The van der Waals surface area contributed by atoms with Gasteiger partial charge in [-0.3, -0.25) is 0 Å². The van der Waals surface area contributed by atoms with Crippen molar-refractivity contribution in [1.29, 1.82) is 0 Å². The van der Waals surface area contributed by atoms with Gasteiger partial charge in [0.15, 0.2) is 0 Å². The number of hydrogen-bond donors (Lipinski definition) is 0. The molecule has 0 atom stereocenters. The normalized spacial score (nSPS) is 25.8. The lowest BCUT2D eigenvalue weighted by atomic mass is 9.83. The number of rotatable bonds is 0. The van der Waals surface area contributed by atoms with Crippen molar-refractivity contribution in [2.75, 3.05) is 0 Å². The molecule has 0 radical (unpaired) electrons. The summed E-state index contributed by atoms with van der Waals surface area (Å²) in [6, 6.07) is 0. The highest BCUT2D eigenvalue weighted by Gasteiger charge is 2.15. The summed E-state index contributed by atoms with van der Waals surface area (Å²) in [6.45, 7) is 2.31. The van der Waals surface area contributed by atoms with Crippen LogP contribution in [0.4, 0.5) is 0 Å². The third-order valence-electron chi connectivity index (χ3n) is 2.49. The third kappa shape index (κ3) is 3.73. The largest absolute Gasteiger partial charge is 0.106 e. The molecule has 0 heterocycles. The fourth-order valence-electron chi connectivity index (χ4n) is 1.61. The minimum atomic E-state index is 0.559. The van der Waals surface area contributed by atoms with Gasteiger partial charge in [-0.15, -0.1) is 6.42 Å². The van der Waals surface area contributed by atoms with Crippen LogP contribution >= 0.6 is 0 Å². The van der Waals surface area contributed by atoms with Gasteiger partial charge in [-0.05, 0) is 55.3 Å². The van der Waals surface area contributed by atoms with Crippen LogP contribution in [0.2, 0.25) is 0 Å². The zero-order valence-corrected chi connectivity index (χ0v) is 8.06. The van der Waals surface area contributed by atoms with Crippen LogP contribution in [0.1, 0.15) is 32.6 Å². The fraction of sp³-hybridized carbons (Fsp3) is 0.538. The maximum absolute atomic E-state index is 4.97. The second-order valence-electron chi connectivity index (χ2n) is 3.62. The van der Waals surface area contributed by atoms with E-state index in [0.717, 1.165) is 5.92 Å². The average Bonchev–Trinajstić information content (AvgIpc) is 2.15. The van der Waals surface area contributed by atoms with Gasteiger partial charge in [0.1, 0.15) is 0 Å². The summed E-state index contributed by atoms with van der Waals surface area (Å²) in [5, 5.41) is 0. The molecule has 0 aromatic rings. The van der Waals surface area contributed by atoms with Crippen molar-refractivity contribution in [3.8, 4) is 36.0 Å². The quantitative estimate of drug-likeness (QED) is 0.490. The SMILES string of the molecule is C#CC#CC#CC1CCC(C)CC1. The van der Waals surface area contributed by atoms with E-state index in [-0.39, 0.29) is 0 Å². The molecule has 1 saturated carbocycles. The van der Waals surface area contributed by atoms with Crippen molar-refractivity contribution in [1.82, 2.24) is 0 Å². The minimum Gasteiger partial charge on any atom is -0.106 e. The first kappa shape index (κ1) is 9.77. The molecule has 0 bridgehead atoms. The lowest BCUT2D eigenvalue weighted by Crippen LogP contribution is -2.10. The molecule has 0 saturated heterocycles. The van der Waals surface area contributed by atoms with E-state index in [0.29, 0.717) is 5.92 Å². The van der Waals surface area contributed by atoms with Crippen LogP contribution < -0.4 is 0 Å². The van der Waals surface area contributed by atoms with Gasteiger partial charge < -0.3 is 0 Å². The van der Waals surface area contributed by atoms with Crippen molar-refractivity contribution in [3.05, 3.63) is 0 Å². The van der Waals surface area contributed by atoms with Gasteiger partial charge in [-0.25, -0.2) is 0 Å². The molecule has 1 fully saturated rings. The molecular weight excluding hydrogens is 156 g/mol. The van der Waals surface area contributed by atoms with Gasteiger partial charge in [0.25, 0.3) is 0 Å². The van der Waals surface area contributed by atoms with Gasteiger partial charge in [-0.2, -0.15) is 0 Å². The van der Waals surface area contributed by atoms with Gasteiger partial charge in [0.05, 0.1) is 0 Å². The molecule has 1 aliphatic carbocycles. The van der Waals surface area contributed by atoms with Crippen LogP contribution in [0.5, 0.6) is 0 Å². The first-order chi connectivity index (χ1) is 6.33. The maximum Gasteiger partial charge on any atom is 0.0213 e. The van der Waals surface area contributed by atoms with Crippen LogP contribution in [-0.2, 0) is 0 Å². The van der Waals surface area contributed by atoms with Crippen molar-refractivity contribution in [2.24, 2.45) is 11.8 Å². The molecule has 0 unspecified atom stereocenters. The van der Waals surface area contributed by atoms with Crippen LogP contribution in [0.15, 0.2) is 0 Å². The van der Waals surface area contributed by atoms with Crippen LogP contribution in [0.25, 0.3) is 0 Å². The molecule has 66 valence electrons. The molecule has 0 nitrogen and oxygen atoms in total. The van der Waals surface area contributed by atoms with Crippen molar-refractivity contribution < 1.29 is 0 Å². The Balaban J connectivity index is 2.37. The number of terminal acetylenes is 1. The molecule has 1 rings (SSSR count). The van der Waals surface area contributed by atoms with Gasteiger partial charge in [0.2, 0.25) is 0 Å². The Morgan fingerprint density at radius 1 is 1.00 bits per heavy atom. The van der Waals surface area contributed by atoms with Crippen molar-refractivity contribution in [3.63, 3.8) is 0 Å². The topological polar surface area (TPSA) is 0 Å². The van der Waals surface area contributed by atoms with Crippen molar-refractivity contribution in [2.45, 2.75) is 32.6 Å². The molecule has 0 aromatic heterocycles. The summed E-state index contributed by atoms with van der Waals surface area (Å²) >= 11 is 0. The highest BCUT2D eigenvalue weighted by molar-refractivity contribution is 5.34. The first-order valence-corrected chi connectivity index (χ1v) is 4.79. The molecule has 1 aliphatic rings. The standard InChI is InChI=1S/C13H14/c1-3-4-5-6-7-13-10-8-12(2)9-11-13/h1,12-13H,8-11H2,2H3. The van der Waals surface area contributed by atoms with Crippen molar-refractivity contribution >= 4 is 0 Å². The third-order valence-corrected chi connectivity index (χ3v) is 2.49. The van der Waals surface area contributed by atoms with Crippen LogP contribution in [0.3, 0.4) is 0 Å². The zero-order chi connectivity index (χ0) is 9.52. The van der Waals surface area contributed by atoms with E-state index >= 15 is 0 Å². The maximum atomic E-state index is 4.97. The summed E-state index contributed by atoms with van der Waals surface area (Å²) in [5.74, 6) is 14.8. The van der Waals surface area contributed by atoms with E-state index in [9.17, 15) is 0 Å². The molecule has 0 heteroatoms. The molecule has 0 N–H and O–H groups in total. The lowest BCUT2D eigenvalue weighted by molar-refractivity contribution is 0.337. The Labute approximate surface area is 81.1 Å². The second-order valence-corrected chi connectivity index (χ2v) is 3.62. The zero-order valence-electron chi connectivity index (χ0n) is 8.06. The Hall–Kier alpha value is -1.32. The summed E-state index contributed by atoms with van der Waals surface area (Å²) in [6.07, 6.45) is 10.0. The predicted molar refractivity (Wildman–Crippen MR) is 55.5 cm³/mol. The van der Waals surface area contributed by atoms with Gasteiger partial charge in [0, 0.05) is 5.92 Å². The molecule has 0 aromatic carbocycles. The fourth-order valence-corrected chi connectivity index (χ4v) is 1.61.